The fraction of sp³-hybridized carbons (Fsp3) is 0.143. The standard InChI is InChI=1S/C35H22F10N2O2/c1-2-3-4-5-19-17-46-33(47-18-19)21-8-6-20(7-9-21)22-10-11-25(26(36)12-22)23-13-27(37)31(28(38)14-23)34(41,42)48-24-15-29(39)32(30(40)16-24)49-35(43,44)45/h2-3,6-18H,4-5H2,1H3. The Labute approximate surface area is 272 Å². The minimum atomic E-state index is -5.51. The molecule has 0 amide bonds. The third kappa shape index (κ3) is 8.19. The van der Waals surface area contributed by atoms with Gasteiger partial charge in [0.1, 0.15) is 28.8 Å². The molecule has 0 N–H and O–H groups in total. The summed E-state index contributed by atoms with van der Waals surface area (Å²) in [5, 5.41) is 0. The maximum Gasteiger partial charge on any atom is 0.573 e. The minimum absolute atomic E-state index is 0.0921. The highest BCUT2D eigenvalue weighted by molar-refractivity contribution is 5.73. The van der Waals surface area contributed by atoms with Crippen LogP contribution >= 0.6 is 0 Å². The van der Waals surface area contributed by atoms with Crippen molar-refractivity contribution in [2.75, 3.05) is 0 Å². The second kappa shape index (κ2) is 14.0. The van der Waals surface area contributed by atoms with Crippen molar-refractivity contribution < 1.29 is 53.4 Å². The average molecular weight is 693 g/mol. The first-order chi connectivity index (χ1) is 23.1. The van der Waals surface area contributed by atoms with Gasteiger partial charge in [0.15, 0.2) is 17.5 Å². The van der Waals surface area contributed by atoms with Gasteiger partial charge in [-0.25, -0.2) is 31.9 Å². The van der Waals surface area contributed by atoms with Crippen molar-refractivity contribution in [3.05, 3.63) is 131 Å². The van der Waals surface area contributed by atoms with E-state index in [1.54, 1.807) is 36.7 Å². The summed E-state index contributed by atoms with van der Waals surface area (Å²) in [7, 11) is 0. The van der Waals surface area contributed by atoms with Crippen molar-refractivity contribution >= 4 is 0 Å². The van der Waals surface area contributed by atoms with Gasteiger partial charge < -0.3 is 9.47 Å². The first kappa shape index (κ1) is 34.9. The summed E-state index contributed by atoms with van der Waals surface area (Å²) in [5.74, 6) is -11.8. The van der Waals surface area contributed by atoms with Crippen LogP contribution in [0.5, 0.6) is 11.5 Å². The number of rotatable bonds is 10. The Morgan fingerprint density at radius 2 is 1.18 bits per heavy atom. The smallest absolute Gasteiger partial charge is 0.429 e. The van der Waals surface area contributed by atoms with E-state index in [4.69, 9.17) is 0 Å². The number of nitrogens with zero attached hydrogens (tertiary/aromatic N) is 2. The van der Waals surface area contributed by atoms with Crippen LogP contribution in [0.4, 0.5) is 43.9 Å². The zero-order valence-corrected chi connectivity index (χ0v) is 25.1. The van der Waals surface area contributed by atoms with E-state index < -0.39 is 64.2 Å². The van der Waals surface area contributed by atoms with Crippen molar-refractivity contribution in [2.24, 2.45) is 0 Å². The molecule has 4 aromatic carbocycles. The zero-order valence-electron chi connectivity index (χ0n) is 25.1. The molecule has 0 aliphatic carbocycles. The maximum atomic E-state index is 15.2. The molecule has 1 heterocycles. The lowest BCUT2D eigenvalue weighted by atomic mass is 9.97. The second-order valence-corrected chi connectivity index (χ2v) is 10.5. The van der Waals surface area contributed by atoms with Gasteiger partial charge in [0.2, 0.25) is 5.75 Å². The van der Waals surface area contributed by atoms with Crippen LogP contribution in [0.15, 0.2) is 91.3 Å². The molecule has 0 spiro atoms. The molecule has 0 aliphatic rings. The van der Waals surface area contributed by atoms with Crippen LogP contribution in [0.2, 0.25) is 0 Å². The van der Waals surface area contributed by atoms with E-state index in [2.05, 4.69) is 19.4 Å². The molecule has 5 aromatic rings. The molecule has 0 radical (unpaired) electrons. The van der Waals surface area contributed by atoms with Crippen LogP contribution in [0.3, 0.4) is 0 Å². The Kier molecular flexibility index (Phi) is 9.97. The summed E-state index contributed by atoms with van der Waals surface area (Å²) in [6, 6.07) is 11.2. The summed E-state index contributed by atoms with van der Waals surface area (Å²) in [4.78, 5) is 8.77. The molecule has 0 saturated carbocycles. The van der Waals surface area contributed by atoms with Gasteiger partial charge in [-0.05, 0) is 60.2 Å². The van der Waals surface area contributed by atoms with Crippen molar-refractivity contribution in [1.29, 1.82) is 0 Å². The molecule has 1 aromatic heterocycles. The number of benzene rings is 4. The SMILES string of the molecule is CC=CCCc1cnc(-c2ccc(-c3ccc(-c4cc(F)c(C(F)(F)Oc5cc(F)c(OC(F)(F)F)c(F)c5)c(F)c4)c(F)c3)cc2)nc1. The Balaban J connectivity index is 1.34. The lowest BCUT2D eigenvalue weighted by Gasteiger charge is -2.21. The van der Waals surface area contributed by atoms with Crippen molar-refractivity contribution in [1.82, 2.24) is 9.97 Å². The molecule has 0 unspecified atom stereocenters. The molecular formula is C35H22F10N2O2. The molecule has 49 heavy (non-hydrogen) atoms. The molecule has 0 fully saturated rings. The number of hydrogen-bond acceptors (Lipinski definition) is 4. The number of aromatic nitrogens is 2. The summed E-state index contributed by atoms with van der Waals surface area (Å²) >= 11 is 0. The third-order valence-electron chi connectivity index (χ3n) is 7.07. The number of halogens is 10. The number of hydrogen-bond donors (Lipinski definition) is 0. The Morgan fingerprint density at radius 1 is 0.633 bits per heavy atom. The number of allylic oxidation sites excluding steroid dienone is 2. The Bertz CT molecular complexity index is 1950. The Hall–Kier alpha value is -5.40. The largest absolute Gasteiger partial charge is 0.573 e. The molecular weight excluding hydrogens is 670 g/mol. The van der Waals surface area contributed by atoms with Crippen LogP contribution in [0.1, 0.15) is 24.5 Å². The Morgan fingerprint density at radius 3 is 1.73 bits per heavy atom. The maximum absolute atomic E-state index is 15.2. The highest BCUT2D eigenvalue weighted by atomic mass is 19.4. The van der Waals surface area contributed by atoms with Crippen LogP contribution in [0.25, 0.3) is 33.6 Å². The number of ether oxygens (including phenoxy) is 2. The van der Waals surface area contributed by atoms with Crippen LogP contribution in [-0.2, 0) is 12.5 Å². The van der Waals surface area contributed by atoms with Crippen LogP contribution in [-0.4, -0.2) is 16.3 Å². The van der Waals surface area contributed by atoms with Crippen molar-refractivity contribution in [3.8, 4) is 45.1 Å². The highest BCUT2D eigenvalue weighted by Gasteiger charge is 2.42. The fourth-order valence-electron chi connectivity index (χ4n) is 4.80. The summed E-state index contributed by atoms with van der Waals surface area (Å²) in [6.45, 7) is 1.94. The van der Waals surface area contributed by atoms with Gasteiger partial charge in [-0.3, -0.25) is 0 Å². The highest BCUT2D eigenvalue weighted by Crippen LogP contribution is 2.40. The van der Waals surface area contributed by atoms with Gasteiger partial charge in [-0.2, -0.15) is 8.78 Å². The molecule has 14 heteroatoms. The molecule has 254 valence electrons. The average Bonchev–Trinajstić information content (AvgIpc) is 3.02. The third-order valence-corrected chi connectivity index (χ3v) is 7.07. The fourth-order valence-corrected chi connectivity index (χ4v) is 4.80. The van der Waals surface area contributed by atoms with E-state index in [0.29, 0.717) is 34.6 Å². The van der Waals surface area contributed by atoms with E-state index >= 15 is 4.39 Å². The predicted molar refractivity (Wildman–Crippen MR) is 159 cm³/mol. The summed E-state index contributed by atoms with van der Waals surface area (Å²) in [6.07, 6.45) is -1.30. The quantitative estimate of drug-likeness (QED) is 0.108. The van der Waals surface area contributed by atoms with Crippen molar-refractivity contribution in [2.45, 2.75) is 32.2 Å². The lowest BCUT2D eigenvalue weighted by molar-refractivity contribution is -0.276. The van der Waals surface area contributed by atoms with Crippen LogP contribution < -0.4 is 9.47 Å². The number of alkyl halides is 5. The monoisotopic (exact) mass is 692 g/mol. The molecule has 0 bridgehead atoms. The molecule has 5 rings (SSSR count). The minimum Gasteiger partial charge on any atom is -0.429 e. The first-order valence-electron chi connectivity index (χ1n) is 14.3. The summed E-state index contributed by atoms with van der Waals surface area (Å²) in [5.41, 5.74) is -0.171. The van der Waals surface area contributed by atoms with E-state index in [1.807, 2.05) is 19.1 Å². The normalized spacial score (nSPS) is 12.1. The molecule has 4 nitrogen and oxygen atoms in total. The molecule has 0 atom stereocenters. The zero-order chi connectivity index (χ0) is 35.5. The van der Waals surface area contributed by atoms with Crippen LogP contribution in [0, 0.1) is 29.1 Å². The van der Waals surface area contributed by atoms with E-state index in [1.165, 1.54) is 12.1 Å². The van der Waals surface area contributed by atoms with E-state index in [9.17, 15) is 39.5 Å². The topological polar surface area (TPSA) is 44.2 Å². The van der Waals surface area contributed by atoms with Gasteiger partial charge in [0.05, 0.1) is 0 Å². The predicted octanol–water partition coefficient (Wildman–Crippen LogP) is 10.7. The molecule has 0 saturated heterocycles. The van der Waals surface area contributed by atoms with Gasteiger partial charge in [0.25, 0.3) is 0 Å². The first-order valence-corrected chi connectivity index (χ1v) is 14.3. The van der Waals surface area contributed by atoms with Gasteiger partial charge in [-0.15, -0.1) is 13.2 Å². The van der Waals surface area contributed by atoms with Gasteiger partial charge in [-0.1, -0.05) is 48.6 Å². The second-order valence-electron chi connectivity index (χ2n) is 10.5. The van der Waals surface area contributed by atoms with Crippen molar-refractivity contribution in [3.63, 3.8) is 0 Å². The van der Waals surface area contributed by atoms with E-state index in [0.717, 1.165) is 24.5 Å². The lowest BCUT2D eigenvalue weighted by Crippen LogP contribution is -2.25. The summed E-state index contributed by atoms with van der Waals surface area (Å²) < 4.78 is 147. The van der Waals surface area contributed by atoms with Gasteiger partial charge >= 0.3 is 12.5 Å². The van der Waals surface area contributed by atoms with Gasteiger partial charge in [0, 0.05) is 35.7 Å². The van der Waals surface area contributed by atoms with E-state index in [-0.39, 0.29) is 17.7 Å². The molecule has 0 aliphatic heterocycles. The number of aryl methyl sites for hydroxylation is 1.